The molecule has 0 amide bonds. The van der Waals surface area contributed by atoms with E-state index in [0.717, 1.165) is 17.1 Å². The second-order valence-electron chi connectivity index (χ2n) is 3.25. The van der Waals surface area contributed by atoms with Crippen molar-refractivity contribution in [3.63, 3.8) is 0 Å². The van der Waals surface area contributed by atoms with Crippen LogP contribution in [-0.2, 0) is 4.74 Å². The third kappa shape index (κ3) is 2.57. The summed E-state index contributed by atoms with van der Waals surface area (Å²) in [6.45, 7) is 7.06. The zero-order chi connectivity index (χ0) is 10.6. The predicted molar refractivity (Wildman–Crippen MR) is 54.7 cm³/mol. The lowest BCUT2D eigenvalue weighted by molar-refractivity contribution is 0.122. The van der Waals surface area contributed by atoms with Crippen LogP contribution in [0.2, 0.25) is 0 Å². The molecule has 0 saturated carbocycles. The average Bonchev–Trinajstić information content (AvgIpc) is 2.47. The van der Waals surface area contributed by atoms with Crippen molar-refractivity contribution < 1.29 is 9.15 Å². The second-order valence-corrected chi connectivity index (χ2v) is 3.25. The van der Waals surface area contributed by atoms with Crippen LogP contribution in [0.15, 0.2) is 10.5 Å². The molecule has 0 spiro atoms. The molecule has 1 atom stereocenters. The van der Waals surface area contributed by atoms with Gasteiger partial charge in [0.05, 0.1) is 12.6 Å². The van der Waals surface area contributed by atoms with Crippen LogP contribution in [-0.4, -0.2) is 13.2 Å². The standard InChI is InChI=1S/C10H18N2O2/c1-4-13-6-10(12-11)9-5-7(2)14-8(9)3/h5,10,12H,4,6,11H2,1-3H3. The minimum atomic E-state index is 0.00685. The lowest BCUT2D eigenvalue weighted by Crippen LogP contribution is -2.31. The first-order valence-corrected chi connectivity index (χ1v) is 4.79. The number of hydrazine groups is 1. The lowest BCUT2D eigenvalue weighted by atomic mass is 10.1. The number of hydrogen-bond acceptors (Lipinski definition) is 4. The molecule has 1 unspecified atom stereocenters. The number of rotatable bonds is 5. The van der Waals surface area contributed by atoms with E-state index < -0.39 is 0 Å². The van der Waals surface area contributed by atoms with Crippen LogP contribution < -0.4 is 11.3 Å². The Kier molecular flexibility index (Phi) is 4.13. The number of hydrogen-bond donors (Lipinski definition) is 2. The predicted octanol–water partition coefficient (Wildman–Crippen LogP) is 1.44. The topological polar surface area (TPSA) is 60.4 Å². The van der Waals surface area contributed by atoms with Crippen LogP contribution in [0.25, 0.3) is 0 Å². The number of ether oxygens (including phenoxy) is 1. The first-order chi connectivity index (χ1) is 6.69. The van der Waals surface area contributed by atoms with Crippen molar-refractivity contribution in [2.24, 2.45) is 5.84 Å². The Bertz CT molecular complexity index is 284. The fraction of sp³-hybridized carbons (Fsp3) is 0.600. The smallest absolute Gasteiger partial charge is 0.105 e. The van der Waals surface area contributed by atoms with Crippen molar-refractivity contribution in [3.8, 4) is 0 Å². The van der Waals surface area contributed by atoms with Gasteiger partial charge in [0.15, 0.2) is 0 Å². The molecule has 0 aliphatic carbocycles. The highest BCUT2D eigenvalue weighted by molar-refractivity contribution is 5.23. The Balaban J connectivity index is 2.72. The summed E-state index contributed by atoms with van der Waals surface area (Å²) in [5, 5.41) is 0. The summed E-state index contributed by atoms with van der Waals surface area (Å²) in [6.07, 6.45) is 0. The van der Waals surface area contributed by atoms with Crippen LogP contribution in [0.3, 0.4) is 0 Å². The van der Waals surface area contributed by atoms with Crippen LogP contribution in [0, 0.1) is 13.8 Å². The second kappa shape index (κ2) is 5.14. The van der Waals surface area contributed by atoms with E-state index in [-0.39, 0.29) is 6.04 Å². The highest BCUT2D eigenvalue weighted by Crippen LogP contribution is 2.21. The summed E-state index contributed by atoms with van der Waals surface area (Å²) in [7, 11) is 0. The molecular weight excluding hydrogens is 180 g/mol. The minimum absolute atomic E-state index is 0.00685. The molecule has 1 rings (SSSR count). The first kappa shape index (κ1) is 11.2. The average molecular weight is 198 g/mol. The molecular formula is C10H18N2O2. The molecule has 1 heterocycles. The van der Waals surface area contributed by atoms with Gasteiger partial charge in [-0.25, -0.2) is 0 Å². The van der Waals surface area contributed by atoms with Gasteiger partial charge >= 0.3 is 0 Å². The van der Waals surface area contributed by atoms with Gasteiger partial charge in [-0.15, -0.1) is 0 Å². The van der Waals surface area contributed by atoms with Gasteiger partial charge in [-0.3, -0.25) is 11.3 Å². The van der Waals surface area contributed by atoms with E-state index in [1.807, 2.05) is 26.8 Å². The summed E-state index contributed by atoms with van der Waals surface area (Å²) in [4.78, 5) is 0. The van der Waals surface area contributed by atoms with E-state index in [1.54, 1.807) is 0 Å². The van der Waals surface area contributed by atoms with Gasteiger partial charge in [0.2, 0.25) is 0 Å². The van der Waals surface area contributed by atoms with E-state index in [1.165, 1.54) is 0 Å². The quantitative estimate of drug-likeness (QED) is 0.555. The third-order valence-corrected chi connectivity index (χ3v) is 2.14. The molecule has 0 aliphatic heterocycles. The molecule has 0 aliphatic rings. The fourth-order valence-electron chi connectivity index (χ4n) is 1.46. The van der Waals surface area contributed by atoms with Gasteiger partial charge in [0, 0.05) is 12.2 Å². The number of furan rings is 1. The van der Waals surface area contributed by atoms with Gasteiger partial charge in [-0.1, -0.05) is 0 Å². The number of aryl methyl sites for hydroxylation is 2. The van der Waals surface area contributed by atoms with E-state index in [2.05, 4.69) is 5.43 Å². The maximum absolute atomic E-state index is 5.45. The van der Waals surface area contributed by atoms with E-state index in [0.29, 0.717) is 13.2 Å². The first-order valence-electron chi connectivity index (χ1n) is 4.79. The van der Waals surface area contributed by atoms with E-state index in [9.17, 15) is 0 Å². The van der Waals surface area contributed by atoms with Gasteiger partial charge in [-0.05, 0) is 26.8 Å². The summed E-state index contributed by atoms with van der Waals surface area (Å²) >= 11 is 0. The van der Waals surface area contributed by atoms with Crippen molar-refractivity contribution in [1.29, 1.82) is 0 Å². The third-order valence-electron chi connectivity index (χ3n) is 2.14. The largest absolute Gasteiger partial charge is 0.466 e. The van der Waals surface area contributed by atoms with Crippen molar-refractivity contribution >= 4 is 0 Å². The Morgan fingerprint density at radius 3 is 2.71 bits per heavy atom. The normalized spacial score (nSPS) is 13.1. The molecule has 0 bridgehead atoms. The Labute approximate surface area is 84.4 Å². The minimum Gasteiger partial charge on any atom is -0.466 e. The number of nitrogens with two attached hydrogens (primary N) is 1. The molecule has 0 fully saturated rings. The fourth-order valence-corrected chi connectivity index (χ4v) is 1.46. The zero-order valence-corrected chi connectivity index (χ0v) is 8.96. The molecule has 0 saturated heterocycles. The number of nitrogens with one attached hydrogen (secondary N) is 1. The highest BCUT2D eigenvalue weighted by Gasteiger charge is 2.15. The molecule has 0 radical (unpaired) electrons. The SMILES string of the molecule is CCOCC(NN)c1cc(C)oc1C. The zero-order valence-electron chi connectivity index (χ0n) is 8.96. The van der Waals surface area contributed by atoms with Gasteiger partial charge < -0.3 is 9.15 Å². The maximum atomic E-state index is 5.45. The molecule has 14 heavy (non-hydrogen) atoms. The molecule has 0 aromatic carbocycles. The Morgan fingerprint density at radius 1 is 1.57 bits per heavy atom. The maximum Gasteiger partial charge on any atom is 0.105 e. The van der Waals surface area contributed by atoms with Gasteiger partial charge in [0.25, 0.3) is 0 Å². The molecule has 3 N–H and O–H groups in total. The van der Waals surface area contributed by atoms with Crippen LogP contribution >= 0.6 is 0 Å². The van der Waals surface area contributed by atoms with E-state index in [4.69, 9.17) is 15.0 Å². The monoisotopic (exact) mass is 198 g/mol. The van der Waals surface area contributed by atoms with Crippen LogP contribution in [0.5, 0.6) is 0 Å². The summed E-state index contributed by atoms with van der Waals surface area (Å²) in [5.41, 5.74) is 3.79. The van der Waals surface area contributed by atoms with Gasteiger partial charge in [0.1, 0.15) is 11.5 Å². The van der Waals surface area contributed by atoms with Crippen molar-refractivity contribution in [1.82, 2.24) is 5.43 Å². The molecule has 1 aromatic rings. The Hall–Kier alpha value is -0.840. The Morgan fingerprint density at radius 2 is 2.29 bits per heavy atom. The molecule has 80 valence electrons. The molecule has 1 aromatic heterocycles. The van der Waals surface area contributed by atoms with Crippen LogP contribution in [0.4, 0.5) is 0 Å². The molecule has 4 nitrogen and oxygen atoms in total. The van der Waals surface area contributed by atoms with Crippen LogP contribution in [0.1, 0.15) is 30.0 Å². The lowest BCUT2D eigenvalue weighted by Gasteiger charge is -2.14. The van der Waals surface area contributed by atoms with Gasteiger partial charge in [-0.2, -0.15) is 0 Å². The summed E-state index contributed by atoms with van der Waals surface area (Å²) < 4.78 is 10.7. The van der Waals surface area contributed by atoms with Crippen molar-refractivity contribution in [2.45, 2.75) is 26.8 Å². The summed E-state index contributed by atoms with van der Waals surface area (Å²) in [5.74, 6) is 7.24. The summed E-state index contributed by atoms with van der Waals surface area (Å²) in [6, 6.07) is 1.99. The van der Waals surface area contributed by atoms with Crippen molar-refractivity contribution in [3.05, 3.63) is 23.2 Å². The van der Waals surface area contributed by atoms with Crippen molar-refractivity contribution in [2.75, 3.05) is 13.2 Å². The molecule has 4 heteroatoms. The van der Waals surface area contributed by atoms with E-state index >= 15 is 0 Å². The highest BCUT2D eigenvalue weighted by atomic mass is 16.5.